The molecule has 0 bridgehead atoms. The van der Waals surface area contributed by atoms with Crippen LogP contribution in [0.5, 0.6) is 11.5 Å². The number of nitrogens with zero attached hydrogens (tertiary/aromatic N) is 1. The average Bonchev–Trinajstić information content (AvgIpc) is 3.34. The number of furan rings is 1. The summed E-state index contributed by atoms with van der Waals surface area (Å²) in [5, 5.41) is 2.24. The molecule has 140 valence electrons. The Hall–Kier alpha value is -3.33. The quantitative estimate of drug-likeness (QED) is 0.653. The van der Waals surface area contributed by atoms with Crippen molar-refractivity contribution in [2.45, 2.75) is 6.92 Å². The first-order valence-electron chi connectivity index (χ1n) is 7.86. The average molecular weight is 387 g/mol. The number of hydrogen-bond donors (Lipinski definition) is 2. The molecule has 2 N–H and O–H groups in total. The fraction of sp³-hybridized carbons (Fsp3) is 0.167. The van der Waals surface area contributed by atoms with Crippen molar-refractivity contribution in [1.82, 2.24) is 15.8 Å². The number of rotatable bonds is 5. The molecule has 0 fully saturated rings. The number of benzene rings is 1. The number of thiazole rings is 1. The van der Waals surface area contributed by atoms with Gasteiger partial charge in [-0.05, 0) is 31.2 Å². The van der Waals surface area contributed by atoms with Crippen molar-refractivity contribution in [2.24, 2.45) is 0 Å². The van der Waals surface area contributed by atoms with Gasteiger partial charge < -0.3 is 13.9 Å². The Labute approximate surface area is 159 Å². The Morgan fingerprint density at radius 2 is 1.81 bits per heavy atom. The maximum atomic E-state index is 12.2. The van der Waals surface area contributed by atoms with Gasteiger partial charge in [0.25, 0.3) is 11.8 Å². The van der Waals surface area contributed by atoms with Crippen LogP contribution >= 0.6 is 11.3 Å². The molecule has 0 saturated carbocycles. The fourth-order valence-electron chi connectivity index (χ4n) is 2.35. The van der Waals surface area contributed by atoms with Crippen molar-refractivity contribution < 1.29 is 23.5 Å². The van der Waals surface area contributed by atoms with E-state index >= 15 is 0 Å². The van der Waals surface area contributed by atoms with Crippen LogP contribution in [-0.2, 0) is 0 Å². The van der Waals surface area contributed by atoms with Gasteiger partial charge in [-0.25, -0.2) is 4.98 Å². The number of aromatic nitrogens is 1. The molecule has 9 heteroatoms. The third kappa shape index (κ3) is 3.93. The maximum absolute atomic E-state index is 12.2. The van der Waals surface area contributed by atoms with E-state index in [1.807, 2.05) is 6.07 Å². The van der Waals surface area contributed by atoms with Crippen molar-refractivity contribution in [3.8, 4) is 22.1 Å². The summed E-state index contributed by atoms with van der Waals surface area (Å²) in [7, 11) is 3.11. The molecule has 0 atom stereocenters. The predicted octanol–water partition coefficient (Wildman–Crippen LogP) is 2.80. The topological polar surface area (TPSA) is 103 Å². The normalized spacial score (nSPS) is 10.3. The molecule has 1 aromatic carbocycles. The van der Waals surface area contributed by atoms with E-state index in [4.69, 9.17) is 13.9 Å². The monoisotopic (exact) mass is 387 g/mol. The van der Waals surface area contributed by atoms with E-state index in [0.29, 0.717) is 27.8 Å². The first-order chi connectivity index (χ1) is 13.0. The van der Waals surface area contributed by atoms with Crippen LogP contribution in [0.3, 0.4) is 0 Å². The molecule has 8 nitrogen and oxygen atoms in total. The van der Waals surface area contributed by atoms with Crippen molar-refractivity contribution >= 4 is 23.2 Å². The molecule has 0 spiro atoms. The van der Waals surface area contributed by atoms with Crippen molar-refractivity contribution in [3.63, 3.8) is 0 Å². The maximum Gasteiger partial charge on any atom is 0.289 e. The van der Waals surface area contributed by atoms with Crippen molar-refractivity contribution in [2.75, 3.05) is 14.2 Å². The second kappa shape index (κ2) is 7.92. The summed E-state index contributed by atoms with van der Waals surface area (Å²) in [6, 6.07) is 6.89. The van der Waals surface area contributed by atoms with E-state index in [0.717, 1.165) is 5.56 Å². The molecule has 3 aromatic rings. The molecule has 27 heavy (non-hydrogen) atoms. The number of methoxy groups -OCH3 is 2. The fourth-order valence-corrected chi connectivity index (χ4v) is 3.14. The Morgan fingerprint density at radius 1 is 1.07 bits per heavy atom. The van der Waals surface area contributed by atoms with Gasteiger partial charge in [-0.1, -0.05) is 0 Å². The number of carbonyl (C=O) groups excluding carboxylic acids is 2. The van der Waals surface area contributed by atoms with Gasteiger partial charge >= 0.3 is 0 Å². The lowest BCUT2D eigenvalue weighted by Crippen LogP contribution is -2.41. The van der Waals surface area contributed by atoms with Crippen LogP contribution in [0.4, 0.5) is 0 Å². The van der Waals surface area contributed by atoms with Gasteiger partial charge in [0.1, 0.15) is 16.5 Å². The second-order valence-corrected chi connectivity index (χ2v) is 6.26. The largest absolute Gasteiger partial charge is 0.493 e. The number of aryl methyl sites for hydroxylation is 1. The van der Waals surface area contributed by atoms with E-state index in [1.165, 1.54) is 23.7 Å². The van der Waals surface area contributed by atoms with Gasteiger partial charge in [-0.2, -0.15) is 0 Å². The lowest BCUT2D eigenvalue weighted by Gasteiger charge is -2.08. The molecule has 2 amide bonds. The minimum absolute atomic E-state index is 0.189. The summed E-state index contributed by atoms with van der Waals surface area (Å²) in [4.78, 5) is 28.5. The summed E-state index contributed by atoms with van der Waals surface area (Å²) in [5.41, 5.74) is 6.00. The van der Waals surface area contributed by atoms with E-state index in [1.54, 1.807) is 38.7 Å². The van der Waals surface area contributed by atoms with Gasteiger partial charge in [0.05, 0.1) is 26.0 Å². The molecular formula is C18H17N3O5S. The predicted molar refractivity (Wildman–Crippen MR) is 99.0 cm³/mol. The number of nitrogens with one attached hydrogen (secondary N) is 2. The Kier molecular flexibility index (Phi) is 5.41. The molecule has 0 aliphatic carbocycles. The molecule has 0 aliphatic rings. The number of ether oxygens (including phenoxy) is 2. The summed E-state index contributed by atoms with van der Waals surface area (Å²) in [6.45, 7) is 1.66. The highest BCUT2D eigenvalue weighted by molar-refractivity contribution is 7.13. The SMILES string of the molecule is COc1ccc(-c2nc(C(=O)NNC(=O)c3ccoc3C)cs2)cc1OC. The molecule has 0 saturated heterocycles. The first-order valence-corrected chi connectivity index (χ1v) is 8.74. The number of hydrazine groups is 1. The Bertz CT molecular complexity index is 979. The van der Waals surface area contributed by atoms with Gasteiger partial charge in [0.15, 0.2) is 11.5 Å². The zero-order valence-corrected chi connectivity index (χ0v) is 15.7. The van der Waals surface area contributed by atoms with Gasteiger partial charge in [-0.15, -0.1) is 11.3 Å². The molecule has 0 radical (unpaired) electrons. The minimum Gasteiger partial charge on any atom is -0.493 e. The summed E-state index contributed by atoms with van der Waals surface area (Å²) < 4.78 is 15.6. The van der Waals surface area contributed by atoms with Crippen LogP contribution in [0, 0.1) is 6.92 Å². The highest BCUT2D eigenvalue weighted by atomic mass is 32.1. The zero-order chi connectivity index (χ0) is 19.4. The lowest BCUT2D eigenvalue weighted by molar-refractivity contribution is 0.0843. The molecule has 0 aliphatic heterocycles. The molecule has 2 heterocycles. The lowest BCUT2D eigenvalue weighted by atomic mass is 10.2. The van der Waals surface area contributed by atoms with Crippen molar-refractivity contribution in [1.29, 1.82) is 0 Å². The molecule has 0 unspecified atom stereocenters. The van der Waals surface area contributed by atoms with Crippen LogP contribution in [0.1, 0.15) is 26.6 Å². The first kappa shape index (κ1) is 18.5. The van der Waals surface area contributed by atoms with Gasteiger partial charge in [0.2, 0.25) is 0 Å². The smallest absolute Gasteiger partial charge is 0.289 e. The number of carbonyl (C=O) groups is 2. The Morgan fingerprint density at radius 3 is 2.48 bits per heavy atom. The Balaban J connectivity index is 1.69. The highest BCUT2D eigenvalue weighted by Gasteiger charge is 2.16. The van der Waals surface area contributed by atoms with Crippen LogP contribution in [0.2, 0.25) is 0 Å². The standard InChI is InChI=1S/C18H17N3O5S/c1-10-12(6-7-26-10)16(22)20-21-17(23)13-9-27-18(19-13)11-4-5-14(24-2)15(8-11)25-3/h4-9H,1-3H3,(H,20,22)(H,21,23). The van der Waals surface area contributed by atoms with Crippen LogP contribution < -0.4 is 20.3 Å². The van der Waals surface area contributed by atoms with Crippen LogP contribution in [0.15, 0.2) is 40.3 Å². The van der Waals surface area contributed by atoms with Crippen LogP contribution in [-0.4, -0.2) is 31.0 Å². The third-order valence-corrected chi connectivity index (χ3v) is 4.65. The second-order valence-electron chi connectivity index (χ2n) is 5.41. The zero-order valence-electron chi connectivity index (χ0n) is 14.9. The number of hydrogen-bond acceptors (Lipinski definition) is 7. The van der Waals surface area contributed by atoms with Crippen molar-refractivity contribution in [3.05, 3.63) is 52.9 Å². The van der Waals surface area contributed by atoms with Gasteiger partial charge in [0, 0.05) is 10.9 Å². The molecule has 2 aromatic heterocycles. The summed E-state index contributed by atoms with van der Waals surface area (Å²) in [6.07, 6.45) is 1.40. The van der Waals surface area contributed by atoms with E-state index in [-0.39, 0.29) is 5.69 Å². The minimum atomic E-state index is -0.521. The van der Waals surface area contributed by atoms with E-state index in [9.17, 15) is 9.59 Å². The molecule has 3 rings (SSSR count). The van der Waals surface area contributed by atoms with Gasteiger partial charge in [-0.3, -0.25) is 20.4 Å². The highest BCUT2D eigenvalue weighted by Crippen LogP contribution is 2.33. The van der Waals surface area contributed by atoms with Crippen LogP contribution in [0.25, 0.3) is 10.6 Å². The third-order valence-electron chi connectivity index (χ3n) is 3.76. The molecular weight excluding hydrogens is 370 g/mol. The number of amides is 2. The van der Waals surface area contributed by atoms with E-state index in [2.05, 4.69) is 15.8 Å². The summed E-state index contributed by atoms with van der Waals surface area (Å²) >= 11 is 1.30. The summed E-state index contributed by atoms with van der Waals surface area (Å²) in [5.74, 6) is 0.649. The van der Waals surface area contributed by atoms with E-state index < -0.39 is 11.8 Å².